The zero-order valence-corrected chi connectivity index (χ0v) is 20.8. The standard InChI is InChI=1S/C26H25N5O3S/c1-5-29-16(2)13-21(17(29)3)23(32)15-35-26-28-27-25-30(18-9-8-10-19(14-18)34-4)24(33)20-11-6-7-12-22(20)31(25)26/h6-14H,5,15H2,1-4H3. The molecule has 3 heterocycles. The van der Waals surface area contributed by atoms with E-state index < -0.39 is 0 Å². The number of aryl methyl sites for hydroxylation is 1. The number of fused-ring (bicyclic) bond motifs is 3. The van der Waals surface area contributed by atoms with E-state index in [4.69, 9.17) is 4.74 Å². The maximum absolute atomic E-state index is 13.5. The van der Waals surface area contributed by atoms with Gasteiger partial charge in [-0.3, -0.25) is 14.0 Å². The predicted molar refractivity (Wildman–Crippen MR) is 137 cm³/mol. The van der Waals surface area contributed by atoms with Crippen LogP contribution < -0.4 is 10.3 Å². The molecular formula is C26H25N5O3S. The first-order chi connectivity index (χ1) is 16.9. The van der Waals surface area contributed by atoms with Crippen LogP contribution in [0, 0.1) is 13.8 Å². The Morgan fingerprint density at radius 1 is 1.06 bits per heavy atom. The molecule has 9 heteroatoms. The van der Waals surface area contributed by atoms with Gasteiger partial charge in [0.2, 0.25) is 5.78 Å². The van der Waals surface area contributed by atoms with Gasteiger partial charge in [0.15, 0.2) is 10.9 Å². The normalized spacial score (nSPS) is 11.4. The van der Waals surface area contributed by atoms with Gasteiger partial charge in [0.25, 0.3) is 5.56 Å². The molecule has 0 aliphatic rings. The summed E-state index contributed by atoms with van der Waals surface area (Å²) >= 11 is 1.31. The zero-order chi connectivity index (χ0) is 24.7. The van der Waals surface area contributed by atoms with Crippen LogP contribution in [0.2, 0.25) is 0 Å². The van der Waals surface area contributed by atoms with E-state index in [2.05, 4.69) is 21.7 Å². The van der Waals surface area contributed by atoms with Gasteiger partial charge in [-0.2, -0.15) is 0 Å². The Bertz CT molecular complexity index is 1650. The Morgan fingerprint density at radius 3 is 2.60 bits per heavy atom. The van der Waals surface area contributed by atoms with Gasteiger partial charge in [0, 0.05) is 29.6 Å². The summed E-state index contributed by atoms with van der Waals surface area (Å²) in [6.45, 7) is 6.87. The molecule has 0 aliphatic heterocycles. The Balaban J connectivity index is 1.61. The number of hydrogen-bond acceptors (Lipinski definition) is 6. The minimum absolute atomic E-state index is 0.0324. The van der Waals surface area contributed by atoms with Crippen molar-refractivity contribution in [1.82, 2.24) is 23.7 Å². The van der Waals surface area contributed by atoms with Crippen molar-refractivity contribution >= 4 is 34.2 Å². The molecule has 0 saturated heterocycles. The third-order valence-electron chi connectivity index (χ3n) is 6.23. The van der Waals surface area contributed by atoms with Crippen LogP contribution in [-0.4, -0.2) is 42.4 Å². The van der Waals surface area contributed by atoms with Gasteiger partial charge in [-0.15, -0.1) is 10.2 Å². The lowest BCUT2D eigenvalue weighted by Crippen LogP contribution is -2.22. The van der Waals surface area contributed by atoms with E-state index in [0.717, 1.165) is 23.5 Å². The van der Waals surface area contributed by atoms with Crippen LogP contribution in [0.15, 0.2) is 64.5 Å². The number of ether oxygens (including phenoxy) is 1. The van der Waals surface area contributed by atoms with Gasteiger partial charge < -0.3 is 9.30 Å². The topological polar surface area (TPSA) is 83.4 Å². The number of thioether (sulfide) groups is 1. The second-order valence-electron chi connectivity index (χ2n) is 8.22. The van der Waals surface area contributed by atoms with Crippen molar-refractivity contribution in [2.45, 2.75) is 32.5 Å². The number of rotatable bonds is 7. The lowest BCUT2D eigenvalue weighted by Gasteiger charge is -2.12. The van der Waals surface area contributed by atoms with Crippen LogP contribution in [0.25, 0.3) is 22.4 Å². The van der Waals surface area contributed by atoms with Crippen LogP contribution >= 0.6 is 11.8 Å². The minimum Gasteiger partial charge on any atom is -0.497 e. The molecule has 0 unspecified atom stereocenters. The molecule has 0 N–H and O–H groups in total. The average Bonchev–Trinajstić information content (AvgIpc) is 3.42. The van der Waals surface area contributed by atoms with E-state index in [-0.39, 0.29) is 17.1 Å². The summed E-state index contributed by atoms with van der Waals surface area (Å²) in [5.41, 5.74) is 3.88. The summed E-state index contributed by atoms with van der Waals surface area (Å²) in [4.78, 5) is 26.6. The van der Waals surface area contributed by atoms with Gasteiger partial charge >= 0.3 is 0 Å². The molecule has 8 nitrogen and oxygen atoms in total. The third-order valence-corrected chi connectivity index (χ3v) is 7.16. The number of benzene rings is 2. The molecule has 0 saturated carbocycles. The predicted octanol–water partition coefficient (Wildman–Crippen LogP) is 4.46. The Morgan fingerprint density at radius 2 is 1.86 bits per heavy atom. The van der Waals surface area contributed by atoms with Crippen molar-refractivity contribution in [3.05, 3.63) is 81.9 Å². The first-order valence-electron chi connectivity index (χ1n) is 11.3. The molecule has 2 aromatic carbocycles. The van der Waals surface area contributed by atoms with E-state index in [1.54, 1.807) is 19.2 Å². The molecule has 0 fully saturated rings. The summed E-state index contributed by atoms with van der Waals surface area (Å²) < 4.78 is 10.8. The van der Waals surface area contributed by atoms with Crippen molar-refractivity contribution in [1.29, 1.82) is 0 Å². The van der Waals surface area contributed by atoms with Gasteiger partial charge in [0.1, 0.15) is 5.75 Å². The Kier molecular flexibility index (Phi) is 5.94. The van der Waals surface area contributed by atoms with Crippen LogP contribution in [0.1, 0.15) is 28.7 Å². The van der Waals surface area contributed by atoms with Gasteiger partial charge in [-0.05, 0) is 51.1 Å². The van der Waals surface area contributed by atoms with Crippen LogP contribution in [0.3, 0.4) is 0 Å². The number of carbonyl (C=O) groups is 1. The molecule has 178 valence electrons. The fourth-order valence-electron chi connectivity index (χ4n) is 4.53. The fourth-order valence-corrected chi connectivity index (χ4v) is 5.36. The maximum Gasteiger partial charge on any atom is 0.267 e. The molecule has 0 aliphatic carbocycles. The largest absolute Gasteiger partial charge is 0.497 e. The van der Waals surface area contributed by atoms with Crippen LogP contribution in [-0.2, 0) is 6.54 Å². The van der Waals surface area contributed by atoms with E-state index in [0.29, 0.717) is 33.3 Å². The smallest absolute Gasteiger partial charge is 0.267 e. The van der Waals surface area contributed by atoms with Crippen molar-refractivity contribution in [3.63, 3.8) is 0 Å². The first kappa shape index (κ1) is 22.9. The van der Waals surface area contributed by atoms with Crippen LogP contribution in [0.5, 0.6) is 5.75 Å². The molecule has 3 aromatic heterocycles. The number of Topliss-reactive ketones (excluding diaryl/α,β-unsaturated/α-hetero) is 1. The number of ketones is 1. The Hall–Kier alpha value is -3.85. The number of aromatic nitrogens is 5. The molecule has 0 bridgehead atoms. The minimum atomic E-state index is -0.201. The Labute approximate surface area is 206 Å². The summed E-state index contributed by atoms with van der Waals surface area (Å²) in [6.07, 6.45) is 0. The molecule has 5 aromatic rings. The quantitative estimate of drug-likeness (QED) is 0.249. The highest BCUT2D eigenvalue weighted by Crippen LogP contribution is 2.26. The highest BCUT2D eigenvalue weighted by Gasteiger charge is 2.20. The zero-order valence-electron chi connectivity index (χ0n) is 20.0. The molecule has 0 atom stereocenters. The third kappa shape index (κ3) is 3.81. The highest BCUT2D eigenvalue weighted by atomic mass is 32.2. The van der Waals surface area contributed by atoms with Crippen molar-refractivity contribution in [2.75, 3.05) is 12.9 Å². The van der Waals surface area contributed by atoms with Crippen molar-refractivity contribution < 1.29 is 9.53 Å². The number of nitrogens with zero attached hydrogens (tertiary/aromatic N) is 5. The summed E-state index contributed by atoms with van der Waals surface area (Å²) in [5, 5.41) is 9.81. The van der Waals surface area contributed by atoms with Crippen molar-refractivity contribution in [3.8, 4) is 11.4 Å². The average molecular weight is 488 g/mol. The van der Waals surface area contributed by atoms with E-state index in [9.17, 15) is 9.59 Å². The van der Waals surface area contributed by atoms with Gasteiger partial charge in [-0.1, -0.05) is 30.0 Å². The lowest BCUT2D eigenvalue weighted by molar-refractivity contribution is 0.102. The number of methoxy groups -OCH3 is 1. The monoisotopic (exact) mass is 487 g/mol. The van der Waals surface area contributed by atoms with Crippen LogP contribution in [0.4, 0.5) is 0 Å². The highest BCUT2D eigenvalue weighted by molar-refractivity contribution is 7.99. The summed E-state index contributed by atoms with van der Waals surface area (Å²) in [6, 6.07) is 16.5. The molecule has 5 rings (SSSR count). The number of para-hydroxylation sites is 1. The SMILES string of the molecule is CCn1c(C)cc(C(=O)CSc2nnc3n(-c4cccc(OC)c4)c(=O)c4ccccc4n23)c1C. The molecule has 0 radical (unpaired) electrons. The second-order valence-corrected chi connectivity index (χ2v) is 9.16. The summed E-state index contributed by atoms with van der Waals surface area (Å²) in [7, 11) is 1.58. The molecule has 35 heavy (non-hydrogen) atoms. The van der Waals surface area contributed by atoms with Gasteiger partial charge in [0.05, 0.1) is 29.5 Å². The number of carbonyl (C=O) groups excluding carboxylic acids is 1. The molecule has 0 spiro atoms. The lowest BCUT2D eigenvalue weighted by atomic mass is 10.2. The van der Waals surface area contributed by atoms with Crippen molar-refractivity contribution in [2.24, 2.45) is 0 Å². The molecule has 0 amide bonds. The van der Waals surface area contributed by atoms with E-state index >= 15 is 0 Å². The van der Waals surface area contributed by atoms with Gasteiger partial charge in [-0.25, -0.2) is 4.57 Å². The maximum atomic E-state index is 13.5. The van der Waals surface area contributed by atoms with E-state index in [1.807, 2.05) is 60.7 Å². The second kappa shape index (κ2) is 9.07. The fraction of sp³-hybridized carbons (Fsp3) is 0.231. The summed E-state index contributed by atoms with van der Waals surface area (Å²) in [5.74, 6) is 1.25. The number of hydrogen-bond donors (Lipinski definition) is 0. The van der Waals surface area contributed by atoms with E-state index in [1.165, 1.54) is 16.3 Å². The first-order valence-corrected chi connectivity index (χ1v) is 12.3. The molecular weight excluding hydrogens is 462 g/mol.